The van der Waals surface area contributed by atoms with Crippen molar-refractivity contribution in [2.24, 2.45) is 5.41 Å². The second kappa shape index (κ2) is 22.3. The Labute approximate surface area is 344 Å². The van der Waals surface area contributed by atoms with Crippen molar-refractivity contribution in [1.29, 1.82) is 0 Å². The highest BCUT2D eigenvalue weighted by Crippen LogP contribution is 2.49. The van der Waals surface area contributed by atoms with Crippen molar-refractivity contribution in [3.63, 3.8) is 0 Å². The normalized spacial score (nSPS) is 20.9. The number of carbonyl (C=O) groups is 2. The van der Waals surface area contributed by atoms with Crippen molar-refractivity contribution in [3.05, 3.63) is 77.4 Å². The molecule has 0 N–H and O–H groups in total. The lowest BCUT2D eigenvalue weighted by molar-refractivity contribution is -0.351. The summed E-state index contributed by atoms with van der Waals surface area (Å²) in [5.74, 6) is -1.72. The number of unbranched alkanes of at least 4 members (excludes halogenated alkanes) is 4. The number of hydrogen-bond donors (Lipinski definition) is 0. The maximum atomic E-state index is 13.7. The monoisotopic (exact) mass is 812 g/mol. The molecule has 0 bridgehead atoms. The Morgan fingerprint density at radius 2 is 1.53 bits per heavy atom. The summed E-state index contributed by atoms with van der Waals surface area (Å²) in [4.78, 5) is 26.7. The van der Waals surface area contributed by atoms with Gasteiger partial charge in [-0.05, 0) is 66.7 Å². The van der Waals surface area contributed by atoms with Crippen LogP contribution >= 0.6 is 0 Å². The topological polar surface area (TPSA) is 108 Å². The fourth-order valence-corrected chi connectivity index (χ4v) is 7.92. The number of ether oxygens (including phenoxy) is 7. The Kier molecular flexibility index (Phi) is 18.9. The van der Waals surface area contributed by atoms with Crippen LogP contribution in [-0.2, 0) is 55.7 Å². The zero-order chi connectivity index (χ0) is 42.3. The lowest BCUT2D eigenvalue weighted by Gasteiger charge is -2.54. The molecule has 1 fully saturated rings. The lowest BCUT2D eigenvalue weighted by Crippen LogP contribution is -2.65. The number of carbonyl (C=O) groups excluding carboxylic acids is 2. The van der Waals surface area contributed by atoms with E-state index in [2.05, 4.69) is 40.8 Å². The fourth-order valence-electron chi connectivity index (χ4n) is 6.77. The Morgan fingerprint density at radius 3 is 2.12 bits per heavy atom. The standard InChI is InChI=1S/C46H72O10Si/c1-13-14-15-16-20-23-41(47)55-43-37(29-42(48)50-9)28-39(56-46(43,51-10)45(6,7)33-54-57(11,12)44(3,4)5)30-40(34(2)52-31-35-21-18-17-19-22-35)53-32-36-24-26-38(49-8)27-25-36/h17-19,21-22,24-27,29,34,39-40,43H,13-16,20,23,28,30-33H2,1-12H3/b37-29+/t34-,39+,40-,43+,46?/m1/s1. The molecule has 2 aromatic carbocycles. The van der Waals surface area contributed by atoms with Gasteiger partial charge in [-0.3, -0.25) is 4.79 Å². The summed E-state index contributed by atoms with van der Waals surface area (Å²) in [6.45, 7) is 20.2. The summed E-state index contributed by atoms with van der Waals surface area (Å²) in [5.41, 5.74) is 1.69. The lowest BCUT2D eigenvalue weighted by atomic mass is 9.74. The first-order chi connectivity index (χ1) is 26.9. The third-order valence-electron chi connectivity index (χ3n) is 11.6. The molecule has 10 nitrogen and oxygen atoms in total. The second-order valence-corrected chi connectivity index (χ2v) is 22.3. The van der Waals surface area contributed by atoms with Crippen LogP contribution in [0.3, 0.4) is 0 Å². The third kappa shape index (κ3) is 14.0. The summed E-state index contributed by atoms with van der Waals surface area (Å²) in [6, 6.07) is 17.8. The molecule has 1 aliphatic heterocycles. The largest absolute Gasteiger partial charge is 0.497 e. The molecule has 1 unspecified atom stereocenters. The van der Waals surface area contributed by atoms with Crippen LogP contribution in [0.15, 0.2) is 66.2 Å². The minimum Gasteiger partial charge on any atom is -0.497 e. The molecule has 2 aromatic rings. The number of methoxy groups -OCH3 is 3. The van der Waals surface area contributed by atoms with Crippen molar-refractivity contribution in [3.8, 4) is 5.75 Å². The fraction of sp³-hybridized carbons (Fsp3) is 0.652. The Hall–Kier alpha value is -3.06. The minimum absolute atomic E-state index is 0.0524. The van der Waals surface area contributed by atoms with Gasteiger partial charge in [-0.2, -0.15) is 0 Å². The predicted octanol–water partition coefficient (Wildman–Crippen LogP) is 10.1. The van der Waals surface area contributed by atoms with Gasteiger partial charge < -0.3 is 37.6 Å². The first-order valence-electron chi connectivity index (χ1n) is 20.7. The van der Waals surface area contributed by atoms with Gasteiger partial charge >= 0.3 is 11.9 Å². The molecule has 57 heavy (non-hydrogen) atoms. The molecule has 1 aliphatic rings. The van der Waals surface area contributed by atoms with E-state index in [-0.39, 0.29) is 36.6 Å². The molecule has 320 valence electrons. The summed E-state index contributed by atoms with van der Waals surface area (Å²) in [5, 5.41) is -0.0524. The molecule has 0 amide bonds. The number of benzene rings is 2. The van der Waals surface area contributed by atoms with Crippen molar-refractivity contribution in [1.82, 2.24) is 0 Å². The van der Waals surface area contributed by atoms with E-state index >= 15 is 0 Å². The quantitative estimate of drug-likeness (QED) is 0.0466. The van der Waals surface area contributed by atoms with E-state index in [0.717, 1.165) is 42.6 Å². The summed E-state index contributed by atoms with van der Waals surface area (Å²) >= 11 is 0. The first-order valence-corrected chi connectivity index (χ1v) is 23.6. The average molecular weight is 813 g/mol. The minimum atomic E-state index is -2.25. The van der Waals surface area contributed by atoms with E-state index in [1.807, 2.05) is 75.4 Å². The van der Waals surface area contributed by atoms with Crippen LogP contribution in [0, 0.1) is 5.41 Å². The molecular formula is C46H72O10Si. The van der Waals surface area contributed by atoms with E-state index in [4.69, 9.17) is 37.6 Å². The Balaban J connectivity index is 2.06. The smallest absolute Gasteiger partial charge is 0.330 e. The first kappa shape index (κ1) is 48.3. The Morgan fingerprint density at radius 1 is 0.895 bits per heavy atom. The van der Waals surface area contributed by atoms with Crippen molar-refractivity contribution in [2.45, 2.75) is 161 Å². The van der Waals surface area contributed by atoms with Crippen LogP contribution in [0.4, 0.5) is 0 Å². The molecule has 5 atom stereocenters. The van der Waals surface area contributed by atoms with Gasteiger partial charge in [0.2, 0.25) is 5.79 Å². The van der Waals surface area contributed by atoms with E-state index in [9.17, 15) is 9.59 Å². The van der Waals surface area contributed by atoms with E-state index < -0.39 is 43.8 Å². The molecule has 1 saturated heterocycles. The van der Waals surface area contributed by atoms with Crippen LogP contribution in [0.25, 0.3) is 0 Å². The molecule has 0 aliphatic carbocycles. The van der Waals surface area contributed by atoms with Gasteiger partial charge in [-0.25, -0.2) is 4.79 Å². The molecule has 11 heteroatoms. The molecule has 3 rings (SSSR count). The summed E-state index contributed by atoms with van der Waals surface area (Å²) in [6.07, 6.45) is 4.86. The molecule has 0 spiro atoms. The highest BCUT2D eigenvalue weighted by molar-refractivity contribution is 6.74. The van der Waals surface area contributed by atoms with Crippen LogP contribution in [-0.4, -0.2) is 78.4 Å². The van der Waals surface area contributed by atoms with Crippen molar-refractivity contribution < 1.29 is 47.2 Å². The van der Waals surface area contributed by atoms with E-state index in [0.29, 0.717) is 31.6 Å². The summed E-state index contributed by atoms with van der Waals surface area (Å²) in [7, 11) is 2.29. The van der Waals surface area contributed by atoms with Gasteiger partial charge in [0.05, 0.1) is 45.7 Å². The van der Waals surface area contributed by atoms with Crippen LogP contribution in [0.1, 0.15) is 111 Å². The molecule has 0 saturated carbocycles. The number of hydrogen-bond acceptors (Lipinski definition) is 10. The van der Waals surface area contributed by atoms with Crippen LogP contribution in [0.5, 0.6) is 5.75 Å². The van der Waals surface area contributed by atoms with E-state index in [1.54, 1.807) is 14.2 Å². The van der Waals surface area contributed by atoms with Crippen molar-refractivity contribution in [2.75, 3.05) is 27.9 Å². The zero-order valence-electron chi connectivity index (χ0n) is 36.9. The van der Waals surface area contributed by atoms with Gasteiger partial charge in [0, 0.05) is 38.0 Å². The van der Waals surface area contributed by atoms with Gasteiger partial charge in [0.15, 0.2) is 14.4 Å². The van der Waals surface area contributed by atoms with Crippen LogP contribution in [0.2, 0.25) is 18.1 Å². The average Bonchev–Trinajstić information content (AvgIpc) is 3.18. The van der Waals surface area contributed by atoms with Crippen LogP contribution < -0.4 is 4.74 Å². The van der Waals surface area contributed by atoms with Crippen molar-refractivity contribution >= 4 is 20.3 Å². The number of rotatable bonds is 23. The van der Waals surface area contributed by atoms with Gasteiger partial charge in [0.25, 0.3) is 0 Å². The molecular weight excluding hydrogens is 741 g/mol. The highest BCUT2D eigenvalue weighted by atomic mass is 28.4. The maximum Gasteiger partial charge on any atom is 0.330 e. The molecule has 0 aromatic heterocycles. The molecule has 0 radical (unpaired) electrons. The summed E-state index contributed by atoms with van der Waals surface area (Å²) < 4.78 is 50.5. The van der Waals surface area contributed by atoms with Gasteiger partial charge in [-0.15, -0.1) is 0 Å². The zero-order valence-corrected chi connectivity index (χ0v) is 37.9. The molecule has 1 heterocycles. The van der Waals surface area contributed by atoms with Gasteiger partial charge in [0.1, 0.15) is 5.75 Å². The Bertz CT molecular complexity index is 1530. The highest BCUT2D eigenvalue weighted by Gasteiger charge is 2.60. The van der Waals surface area contributed by atoms with E-state index in [1.165, 1.54) is 13.2 Å². The SMILES string of the molecule is CCCCCCCC(=O)O[C@H]1/C(=C/C(=O)OC)C[C@@H](C[C@@H](OCc2ccc(OC)cc2)[C@@H](C)OCc2ccccc2)OC1(OC)C(C)(C)CO[Si](C)(C)C(C)(C)C. The maximum absolute atomic E-state index is 13.7. The third-order valence-corrected chi connectivity index (χ3v) is 16.0. The second-order valence-electron chi connectivity index (χ2n) is 17.5. The number of esters is 2. The predicted molar refractivity (Wildman–Crippen MR) is 226 cm³/mol. The van der Waals surface area contributed by atoms with Gasteiger partial charge in [-0.1, -0.05) is 110 Å².